The smallest absolute Gasteiger partial charge is 0.157 e. The number of hydrogen-bond acceptors (Lipinski definition) is 4. The molecule has 2 aromatic rings. The standard InChI is InChI=1S/C13H20N4OS/c1-4-19(18)6-5-14-8-11-7-12-10(2)16-17(3)13(12)15-9-11/h7,9,14H,4-6,8H2,1-3H3. The Kier molecular flexibility index (Phi) is 4.66. The van der Waals surface area contributed by atoms with Crippen LogP contribution in [0.25, 0.3) is 11.0 Å². The summed E-state index contributed by atoms with van der Waals surface area (Å²) in [5.74, 6) is 1.43. The van der Waals surface area contributed by atoms with Crippen molar-refractivity contribution < 1.29 is 4.21 Å². The number of rotatable bonds is 6. The molecule has 0 saturated carbocycles. The summed E-state index contributed by atoms with van der Waals surface area (Å²) in [6.45, 7) is 5.45. The highest BCUT2D eigenvalue weighted by Crippen LogP contribution is 2.16. The van der Waals surface area contributed by atoms with Gasteiger partial charge in [-0.15, -0.1) is 0 Å². The van der Waals surface area contributed by atoms with Crippen LogP contribution in [0.2, 0.25) is 0 Å². The Bertz CT molecular complexity index is 594. The summed E-state index contributed by atoms with van der Waals surface area (Å²) in [5, 5.41) is 8.75. The molecule has 0 amide bonds. The van der Waals surface area contributed by atoms with E-state index in [4.69, 9.17) is 0 Å². The Morgan fingerprint density at radius 1 is 1.47 bits per heavy atom. The van der Waals surface area contributed by atoms with Gasteiger partial charge in [-0.3, -0.25) is 8.89 Å². The summed E-state index contributed by atoms with van der Waals surface area (Å²) < 4.78 is 13.1. The van der Waals surface area contributed by atoms with Crippen molar-refractivity contribution in [3.8, 4) is 0 Å². The first-order chi connectivity index (χ1) is 9.11. The van der Waals surface area contributed by atoms with Gasteiger partial charge in [0.15, 0.2) is 5.65 Å². The molecule has 6 heteroatoms. The van der Waals surface area contributed by atoms with E-state index in [9.17, 15) is 4.21 Å². The maximum atomic E-state index is 11.3. The quantitative estimate of drug-likeness (QED) is 0.806. The Balaban J connectivity index is 1.98. The van der Waals surface area contributed by atoms with Gasteiger partial charge in [-0.2, -0.15) is 5.10 Å². The minimum Gasteiger partial charge on any atom is -0.312 e. The van der Waals surface area contributed by atoms with Crippen LogP contribution in [0.3, 0.4) is 0 Å². The summed E-state index contributed by atoms with van der Waals surface area (Å²) in [7, 11) is 1.20. The fraction of sp³-hybridized carbons (Fsp3) is 0.538. The molecule has 104 valence electrons. The number of aromatic nitrogens is 3. The molecule has 1 N–H and O–H groups in total. The molecule has 0 spiro atoms. The number of hydrogen-bond donors (Lipinski definition) is 1. The third-order valence-electron chi connectivity index (χ3n) is 3.08. The van der Waals surface area contributed by atoms with Gasteiger partial charge in [0.25, 0.3) is 0 Å². The Morgan fingerprint density at radius 2 is 2.26 bits per heavy atom. The number of nitrogens with one attached hydrogen (secondary N) is 1. The third kappa shape index (κ3) is 3.39. The van der Waals surface area contributed by atoms with Gasteiger partial charge in [-0.25, -0.2) is 4.98 Å². The third-order valence-corrected chi connectivity index (χ3v) is 4.38. The molecule has 0 fully saturated rings. The molecule has 1 unspecified atom stereocenters. The van der Waals surface area contributed by atoms with Crippen molar-refractivity contribution in [2.75, 3.05) is 18.1 Å². The fourth-order valence-electron chi connectivity index (χ4n) is 2.01. The first kappa shape index (κ1) is 14.1. The molecule has 2 heterocycles. The first-order valence-corrected chi connectivity index (χ1v) is 7.94. The van der Waals surface area contributed by atoms with Gasteiger partial charge >= 0.3 is 0 Å². The van der Waals surface area contributed by atoms with Crippen LogP contribution in [-0.4, -0.2) is 37.0 Å². The van der Waals surface area contributed by atoms with Crippen molar-refractivity contribution in [2.24, 2.45) is 7.05 Å². The highest BCUT2D eigenvalue weighted by molar-refractivity contribution is 7.84. The zero-order valence-corrected chi connectivity index (χ0v) is 12.5. The summed E-state index contributed by atoms with van der Waals surface area (Å²) in [4.78, 5) is 4.43. The summed E-state index contributed by atoms with van der Waals surface area (Å²) in [5.41, 5.74) is 3.04. The van der Waals surface area contributed by atoms with Crippen molar-refractivity contribution in [1.29, 1.82) is 0 Å². The van der Waals surface area contributed by atoms with E-state index in [0.29, 0.717) is 5.75 Å². The van der Waals surface area contributed by atoms with Crippen LogP contribution in [0.15, 0.2) is 12.3 Å². The maximum absolute atomic E-state index is 11.3. The van der Waals surface area contributed by atoms with Crippen LogP contribution < -0.4 is 5.32 Å². The van der Waals surface area contributed by atoms with Gasteiger partial charge in [-0.05, 0) is 18.6 Å². The van der Waals surface area contributed by atoms with Crippen LogP contribution in [0.5, 0.6) is 0 Å². The molecule has 5 nitrogen and oxygen atoms in total. The molecule has 0 saturated heterocycles. The van der Waals surface area contributed by atoms with Crippen LogP contribution in [0.4, 0.5) is 0 Å². The number of nitrogens with zero attached hydrogens (tertiary/aromatic N) is 3. The van der Waals surface area contributed by atoms with E-state index in [2.05, 4.69) is 21.5 Å². The highest BCUT2D eigenvalue weighted by Gasteiger charge is 2.06. The zero-order chi connectivity index (χ0) is 13.8. The second-order valence-corrected chi connectivity index (χ2v) is 6.40. The SMILES string of the molecule is CCS(=O)CCNCc1cnc2c(c1)c(C)nn2C. The molecule has 19 heavy (non-hydrogen) atoms. The lowest BCUT2D eigenvalue weighted by atomic mass is 10.2. The topological polar surface area (TPSA) is 59.8 Å². The molecule has 0 aliphatic rings. The Labute approximate surface area is 115 Å². The Hall–Kier alpha value is -1.27. The van der Waals surface area contributed by atoms with E-state index in [0.717, 1.165) is 41.1 Å². The predicted molar refractivity (Wildman–Crippen MR) is 78.5 cm³/mol. The second-order valence-electron chi connectivity index (χ2n) is 4.53. The minimum atomic E-state index is -0.699. The molecule has 0 aromatic carbocycles. The lowest BCUT2D eigenvalue weighted by molar-refractivity contribution is 0.673. The molecular weight excluding hydrogens is 260 g/mol. The summed E-state index contributed by atoms with van der Waals surface area (Å²) >= 11 is 0. The van der Waals surface area contributed by atoms with Crippen LogP contribution >= 0.6 is 0 Å². The summed E-state index contributed by atoms with van der Waals surface area (Å²) in [6.07, 6.45) is 1.87. The Morgan fingerprint density at radius 3 is 3.00 bits per heavy atom. The van der Waals surface area contributed by atoms with Gasteiger partial charge in [-0.1, -0.05) is 6.92 Å². The van der Waals surface area contributed by atoms with E-state index in [1.54, 1.807) is 4.68 Å². The predicted octanol–water partition coefficient (Wildman–Crippen LogP) is 1.13. The molecule has 0 aliphatic heterocycles. The monoisotopic (exact) mass is 280 g/mol. The number of aryl methyl sites for hydroxylation is 2. The molecule has 0 radical (unpaired) electrons. The van der Waals surface area contributed by atoms with Gasteiger partial charge < -0.3 is 5.32 Å². The lowest BCUT2D eigenvalue weighted by Gasteiger charge is -2.04. The van der Waals surface area contributed by atoms with Crippen molar-refractivity contribution in [1.82, 2.24) is 20.1 Å². The molecule has 0 bridgehead atoms. The molecular formula is C13H20N4OS. The zero-order valence-electron chi connectivity index (χ0n) is 11.6. The second kappa shape index (κ2) is 6.25. The van der Waals surface area contributed by atoms with Gasteiger partial charge in [0.05, 0.1) is 5.69 Å². The average Bonchev–Trinajstić information content (AvgIpc) is 2.69. The summed E-state index contributed by atoms with van der Waals surface area (Å²) in [6, 6.07) is 2.12. The minimum absolute atomic E-state index is 0.699. The largest absolute Gasteiger partial charge is 0.312 e. The molecule has 1 atom stereocenters. The van der Waals surface area contributed by atoms with Crippen LogP contribution in [0.1, 0.15) is 18.2 Å². The number of pyridine rings is 1. The van der Waals surface area contributed by atoms with Crippen molar-refractivity contribution >= 4 is 21.8 Å². The maximum Gasteiger partial charge on any atom is 0.157 e. The van der Waals surface area contributed by atoms with Gasteiger partial charge in [0, 0.05) is 54.0 Å². The van der Waals surface area contributed by atoms with Crippen molar-refractivity contribution in [2.45, 2.75) is 20.4 Å². The van der Waals surface area contributed by atoms with Crippen LogP contribution in [-0.2, 0) is 24.4 Å². The molecule has 2 aromatic heterocycles. The fourth-order valence-corrected chi connectivity index (χ4v) is 2.67. The lowest BCUT2D eigenvalue weighted by Crippen LogP contribution is -2.20. The van der Waals surface area contributed by atoms with E-state index in [-0.39, 0.29) is 0 Å². The van der Waals surface area contributed by atoms with Crippen molar-refractivity contribution in [3.63, 3.8) is 0 Å². The highest BCUT2D eigenvalue weighted by atomic mass is 32.2. The van der Waals surface area contributed by atoms with Gasteiger partial charge in [0.2, 0.25) is 0 Å². The van der Waals surface area contributed by atoms with Crippen LogP contribution in [0, 0.1) is 6.92 Å². The van der Waals surface area contributed by atoms with E-state index < -0.39 is 10.8 Å². The molecule has 2 rings (SSSR count). The van der Waals surface area contributed by atoms with E-state index in [1.807, 2.05) is 27.1 Å². The normalized spacial score (nSPS) is 13.0. The average molecular weight is 280 g/mol. The first-order valence-electron chi connectivity index (χ1n) is 6.45. The van der Waals surface area contributed by atoms with Crippen molar-refractivity contribution in [3.05, 3.63) is 23.5 Å². The van der Waals surface area contributed by atoms with Gasteiger partial charge in [0.1, 0.15) is 0 Å². The number of fused-ring (bicyclic) bond motifs is 1. The van der Waals surface area contributed by atoms with E-state index >= 15 is 0 Å². The van der Waals surface area contributed by atoms with E-state index in [1.165, 1.54) is 0 Å². The molecule has 0 aliphatic carbocycles.